The Morgan fingerprint density at radius 2 is 1.89 bits per heavy atom. The summed E-state index contributed by atoms with van der Waals surface area (Å²) in [5.74, 6) is -0.195. The van der Waals surface area contributed by atoms with Gasteiger partial charge in [0.25, 0.3) is 10.4 Å². The van der Waals surface area contributed by atoms with E-state index in [-0.39, 0.29) is 29.2 Å². The van der Waals surface area contributed by atoms with Gasteiger partial charge in [-0.05, 0) is 96.5 Å². The van der Waals surface area contributed by atoms with Gasteiger partial charge in [0.05, 0.1) is 0 Å². The molecule has 0 saturated heterocycles. The minimum absolute atomic E-state index is 0.0188. The van der Waals surface area contributed by atoms with Gasteiger partial charge in [-0.1, -0.05) is 34.1 Å². The van der Waals surface area contributed by atoms with E-state index in [1.807, 2.05) is 0 Å². The van der Waals surface area contributed by atoms with Crippen LogP contribution in [-0.2, 0) is 24.2 Å². The summed E-state index contributed by atoms with van der Waals surface area (Å²) in [6.45, 7) is 9.59. The van der Waals surface area contributed by atoms with E-state index < -0.39 is 16.4 Å². The number of carboxylic acids is 1. The lowest BCUT2D eigenvalue weighted by Crippen LogP contribution is -2.58. The Balaban J connectivity index is 1.61. The number of hydrogen-bond donors (Lipinski definition) is 1. The van der Waals surface area contributed by atoms with Gasteiger partial charge in [-0.15, -0.1) is 0 Å². The first-order chi connectivity index (χ1) is 16.7. The molecule has 1 heterocycles. The summed E-state index contributed by atoms with van der Waals surface area (Å²) in [5.41, 5.74) is 2.16. The van der Waals surface area contributed by atoms with Crippen LogP contribution >= 0.6 is 0 Å². The molecule has 0 unspecified atom stereocenters. The van der Waals surface area contributed by atoms with Crippen LogP contribution in [0.1, 0.15) is 85.5 Å². The van der Waals surface area contributed by atoms with E-state index in [0.717, 1.165) is 30.4 Å². The van der Waals surface area contributed by atoms with Crippen LogP contribution in [0.2, 0.25) is 0 Å². The van der Waals surface area contributed by atoms with E-state index >= 15 is 0 Å². The zero-order valence-corrected chi connectivity index (χ0v) is 22.7. The lowest BCUT2D eigenvalue weighted by atomic mass is 9.39. The first kappa shape index (κ1) is 27.2. The van der Waals surface area contributed by atoms with Crippen molar-refractivity contribution in [2.45, 2.75) is 85.5 Å². The average Bonchev–Trinajstić information content (AvgIpc) is 3.08. The molecule has 5 atom stereocenters. The summed E-state index contributed by atoms with van der Waals surface area (Å²) in [6, 6.07) is 0. The Kier molecular flexibility index (Phi) is 7.14. The molecule has 0 aromatic heterocycles. The molecule has 3 fully saturated rings. The Labute approximate surface area is 215 Å². The first-order valence-corrected chi connectivity index (χ1v) is 14.5. The maximum atomic E-state index is 12.3. The highest BCUT2D eigenvalue weighted by Crippen LogP contribution is 2.69. The summed E-state index contributed by atoms with van der Waals surface area (Å²) in [5, 5.41) is 9.08. The zero-order chi connectivity index (χ0) is 26.5. The Hall–Kier alpha value is -1.87. The molecule has 0 aromatic carbocycles. The maximum Gasteiger partial charge on any atom is 0.323 e. The van der Waals surface area contributed by atoms with Crippen molar-refractivity contribution in [2.24, 2.45) is 34.0 Å². The minimum atomic E-state index is -4.84. The molecule has 4 aliphatic rings. The summed E-state index contributed by atoms with van der Waals surface area (Å²) in [4.78, 5) is 24.7. The molecule has 9 heteroatoms. The smallest absolute Gasteiger partial charge is 0.323 e. The van der Waals surface area contributed by atoms with Gasteiger partial charge in [-0.2, -0.15) is 0 Å². The van der Waals surface area contributed by atoms with Gasteiger partial charge in [0.2, 0.25) is 5.91 Å². The standard InChI is InChI=1S/C27H41NO7S/c1-25(2)11-5-12-27(4)21(25)10-13-26(3)20(19(7-9-22(26)27)17-35-36(32,33)34)8-6-18-14-23(29)28(15-18)16-24(30)31/h14,17,20-22H,5-13,15-16H2,1-4H3,(H,30,31)(H,32,33,34)/p-1/b19-17+/t20-,21-,22-,26+,27-/m0/s1. The number of rotatable bonds is 7. The monoisotopic (exact) mass is 522 g/mol. The summed E-state index contributed by atoms with van der Waals surface area (Å²) in [7, 11) is -4.84. The molecule has 0 bridgehead atoms. The molecule has 4 rings (SSSR count). The summed E-state index contributed by atoms with van der Waals surface area (Å²) < 4.78 is 38.4. The number of allylic oxidation sites excluding steroid dienone is 1. The Morgan fingerprint density at radius 1 is 1.17 bits per heavy atom. The topological polar surface area (TPSA) is 124 Å². The van der Waals surface area contributed by atoms with Gasteiger partial charge in [-0.25, -0.2) is 8.42 Å². The molecule has 0 spiro atoms. The van der Waals surface area contributed by atoms with Crippen molar-refractivity contribution in [3.8, 4) is 0 Å². The second-order valence-corrected chi connectivity index (χ2v) is 13.7. The molecule has 8 nitrogen and oxygen atoms in total. The van der Waals surface area contributed by atoms with Crippen LogP contribution in [0.5, 0.6) is 0 Å². The fraction of sp³-hybridized carbons (Fsp3) is 0.778. The number of carboxylic acid groups (broad SMARTS) is 1. The molecule has 0 radical (unpaired) electrons. The molecular formula is C27H40NO7S-. The van der Waals surface area contributed by atoms with Gasteiger partial charge >= 0.3 is 5.97 Å². The van der Waals surface area contributed by atoms with Crippen LogP contribution < -0.4 is 0 Å². The van der Waals surface area contributed by atoms with Crippen LogP contribution in [0.4, 0.5) is 0 Å². The Bertz CT molecular complexity index is 1080. The van der Waals surface area contributed by atoms with Crippen LogP contribution in [0.25, 0.3) is 0 Å². The predicted octanol–water partition coefficient (Wildman–Crippen LogP) is 4.64. The Morgan fingerprint density at radius 3 is 2.56 bits per heavy atom. The highest BCUT2D eigenvalue weighted by molar-refractivity contribution is 7.80. The number of aliphatic carboxylic acids is 1. The van der Waals surface area contributed by atoms with E-state index in [0.29, 0.717) is 43.1 Å². The highest BCUT2D eigenvalue weighted by atomic mass is 32.3. The van der Waals surface area contributed by atoms with Crippen molar-refractivity contribution < 1.29 is 31.8 Å². The van der Waals surface area contributed by atoms with E-state index in [2.05, 4.69) is 31.9 Å². The molecule has 1 N–H and O–H groups in total. The van der Waals surface area contributed by atoms with Crippen molar-refractivity contribution in [1.29, 1.82) is 0 Å². The number of fused-ring (bicyclic) bond motifs is 3. The summed E-state index contributed by atoms with van der Waals surface area (Å²) >= 11 is 0. The lowest BCUT2D eigenvalue weighted by molar-refractivity contribution is -0.154. The molecule has 1 amide bonds. The van der Waals surface area contributed by atoms with Crippen molar-refractivity contribution in [3.63, 3.8) is 0 Å². The second-order valence-electron chi connectivity index (χ2n) is 12.7. The van der Waals surface area contributed by atoms with Crippen molar-refractivity contribution in [3.05, 3.63) is 23.5 Å². The van der Waals surface area contributed by atoms with Gasteiger partial charge in [0.15, 0.2) is 0 Å². The second kappa shape index (κ2) is 9.46. The number of carbonyl (C=O) groups is 2. The van der Waals surface area contributed by atoms with Crippen molar-refractivity contribution in [2.75, 3.05) is 13.1 Å². The van der Waals surface area contributed by atoms with Gasteiger partial charge in [-0.3, -0.25) is 9.59 Å². The minimum Gasteiger partial charge on any atom is -0.716 e. The van der Waals surface area contributed by atoms with E-state index in [1.54, 1.807) is 0 Å². The molecule has 36 heavy (non-hydrogen) atoms. The fourth-order valence-electron chi connectivity index (χ4n) is 8.86. The molecule has 202 valence electrons. The van der Waals surface area contributed by atoms with Gasteiger partial charge in [0, 0.05) is 12.6 Å². The number of hydrogen-bond acceptors (Lipinski definition) is 6. The average molecular weight is 523 g/mol. The molecule has 0 aromatic rings. The number of nitrogens with zero attached hydrogens (tertiary/aromatic N) is 1. The van der Waals surface area contributed by atoms with Crippen molar-refractivity contribution >= 4 is 22.3 Å². The largest absolute Gasteiger partial charge is 0.716 e. The summed E-state index contributed by atoms with van der Waals surface area (Å²) in [6.07, 6.45) is 11.5. The van der Waals surface area contributed by atoms with Gasteiger partial charge < -0.3 is 18.7 Å². The van der Waals surface area contributed by atoms with E-state index in [1.165, 1.54) is 36.5 Å². The molecule has 3 aliphatic carbocycles. The molecular weight excluding hydrogens is 482 g/mol. The zero-order valence-electron chi connectivity index (χ0n) is 21.9. The van der Waals surface area contributed by atoms with Crippen LogP contribution in [0.3, 0.4) is 0 Å². The van der Waals surface area contributed by atoms with Crippen LogP contribution in [0, 0.1) is 34.0 Å². The van der Waals surface area contributed by atoms with Crippen LogP contribution in [-0.4, -0.2) is 47.9 Å². The van der Waals surface area contributed by atoms with E-state index in [9.17, 15) is 22.6 Å². The van der Waals surface area contributed by atoms with Crippen molar-refractivity contribution in [1.82, 2.24) is 4.90 Å². The van der Waals surface area contributed by atoms with E-state index in [4.69, 9.17) is 5.11 Å². The molecule has 3 saturated carbocycles. The third-order valence-electron chi connectivity index (χ3n) is 10.2. The maximum absolute atomic E-state index is 12.3. The highest BCUT2D eigenvalue weighted by Gasteiger charge is 2.61. The fourth-order valence-corrected chi connectivity index (χ4v) is 9.10. The number of carbonyl (C=O) groups excluding carboxylic acids is 1. The third kappa shape index (κ3) is 5.10. The van der Waals surface area contributed by atoms with Crippen LogP contribution in [0.15, 0.2) is 23.5 Å². The predicted molar refractivity (Wildman–Crippen MR) is 133 cm³/mol. The molecule has 1 aliphatic heterocycles. The normalized spacial score (nSPS) is 37.3. The first-order valence-electron chi connectivity index (χ1n) is 13.2. The number of amides is 1. The lowest BCUT2D eigenvalue weighted by Gasteiger charge is -2.66. The third-order valence-corrected chi connectivity index (χ3v) is 10.6. The quantitative estimate of drug-likeness (QED) is 0.293. The van der Waals surface area contributed by atoms with Gasteiger partial charge in [0.1, 0.15) is 12.8 Å². The SMILES string of the molecule is CC1(C)CCC[C@]2(C)[C@H]3CC/C(=C\OS(=O)(=O)[O-])[C@H](CCC4=CC(=O)N(CC(=O)O)C4)[C@@]3(C)CC[C@@H]12.